The zero-order valence-corrected chi connectivity index (χ0v) is 8.80. The molecule has 2 nitrogen and oxygen atoms in total. The van der Waals surface area contributed by atoms with Crippen molar-refractivity contribution in [2.75, 3.05) is 0 Å². The number of hydrogen-bond acceptors (Lipinski definition) is 2. The SMILES string of the molecule is NC1=Cc2ccccc2C1c1ccncc1. The topological polar surface area (TPSA) is 38.9 Å². The van der Waals surface area contributed by atoms with Crippen molar-refractivity contribution < 1.29 is 0 Å². The minimum atomic E-state index is 0.194. The zero-order chi connectivity index (χ0) is 11.0. The summed E-state index contributed by atoms with van der Waals surface area (Å²) in [5, 5.41) is 0. The number of rotatable bonds is 1. The van der Waals surface area contributed by atoms with Crippen LogP contribution in [0.15, 0.2) is 54.5 Å². The Labute approximate surface area is 94.4 Å². The fraction of sp³-hybridized carbons (Fsp3) is 0.0714. The number of allylic oxidation sites excluding steroid dienone is 1. The van der Waals surface area contributed by atoms with Gasteiger partial charge in [0.1, 0.15) is 0 Å². The quantitative estimate of drug-likeness (QED) is 0.782. The maximum atomic E-state index is 6.10. The van der Waals surface area contributed by atoms with Gasteiger partial charge in [-0.25, -0.2) is 0 Å². The molecule has 2 aromatic rings. The fourth-order valence-electron chi connectivity index (χ4n) is 2.28. The minimum absolute atomic E-state index is 0.194. The van der Waals surface area contributed by atoms with Gasteiger partial charge >= 0.3 is 0 Å². The largest absolute Gasteiger partial charge is 0.401 e. The van der Waals surface area contributed by atoms with Crippen molar-refractivity contribution >= 4 is 6.08 Å². The predicted octanol–water partition coefficient (Wildman–Crippen LogP) is 2.53. The van der Waals surface area contributed by atoms with E-state index >= 15 is 0 Å². The van der Waals surface area contributed by atoms with E-state index in [0.29, 0.717) is 0 Å². The molecule has 0 bridgehead atoms. The van der Waals surface area contributed by atoms with Crippen LogP contribution >= 0.6 is 0 Å². The lowest BCUT2D eigenvalue weighted by molar-refractivity contribution is 0.953. The summed E-state index contributed by atoms with van der Waals surface area (Å²) in [6.45, 7) is 0. The molecule has 1 aromatic heterocycles. The van der Waals surface area contributed by atoms with Crippen molar-refractivity contribution in [2.45, 2.75) is 5.92 Å². The second-order valence-electron chi connectivity index (χ2n) is 3.99. The van der Waals surface area contributed by atoms with Gasteiger partial charge in [-0.15, -0.1) is 0 Å². The average Bonchev–Trinajstić information content (AvgIpc) is 2.66. The second kappa shape index (κ2) is 3.49. The first kappa shape index (κ1) is 9.16. The summed E-state index contributed by atoms with van der Waals surface area (Å²) in [7, 11) is 0. The summed E-state index contributed by atoms with van der Waals surface area (Å²) in [5.74, 6) is 0.194. The van der Waals surface area contributed by atoms with E-state index in [2.05, 4.69) is 29.3 Å². The lowest BCUT2D eigenvalue weighted by atomic mass is 9.92. The number of fused-ring (bicyclic) bond motifs is 1. The number of pyridine rings is 1. The number of benzene rings is 1. The predicted molar refractivity (Wildman–Crippen MR) is 64.7 cm³/mol. The van der Waals surface area contributed by atoms with Crippen molar-refractivity contribution in [2.24, 2.45) is 5.73 Å². The standard InChI is InChI=1S/C14H12N2/c15-13-9-11-3-1-2-4-12(11)14(13)10-5-7-16-8-6-10/h1-9,14H,15H2. The van der Waals surface area contributed by atoms with Crippen LogP contribution in [-0.2, 0) is 0 Å². The molecule has 0 amide bonds. The summed E-state index contributed by atoms with van der Waals surface area (Å²) in [5.41, 5.74) is 10.7. The van der Waals surface area contributed by atoms with Gasteiger partial charge in [0, 0.05) is 24.0 Å². The van der Waals surface area contributed by atoms with Gasteiger partial charge in [-0.05, 0) is 34.9 Å². The van der Waals surface area contributed by atoms with Crippen LogP contribution < -0.4 is 5.73 Å². The highest BCUT2D eigenvalue weighted by molar-refractivity contribution is 5.68. The third-order valence-corrected chi connectivity index (χ3v) is 3.00. The van der Waals surface area contributed by atoms with E-state index in [4.69, 9.17) is 5.73 Å². The van der Waals surface area contributed by atoms with Gasteiger partial charge in [0.15, 0.2) is 0 Å². The molecule has 0 radical (unpaired) electrons. The van der Waals surface area contributed by atoms with Crippen molar-refractivity contribution in [1.29, 1.82) is 0 Å². The van der Waals surface area contributed by atoms with E-state index in [1.807, 2.05) is 30.6 Å². The Balaban J connectivity index is 2.14. The van der Waals surface area contributed by atoms with Crippen LogP contribution in [0.5, 0.6) is 0 Å². The third-order valence-electron chi connectivity index (χ3n) is 3.00. The van der Waals surface area contributed by atoms with Crippen LogP contribution in [0.4, 0.5) is 0 Å². The van der Waals surface area contributed by atoms with Gasteiger partial charge in [0.25, 0.3) is 0 Å². The molecule has 78 valence electrons. The molecule has 2 heteroatoms. The molecule has 3 rings (SSSR count). The van der Waals surface area contributed by atoms with E-state index in [1.165, 1.54) is 16.7 Å². The van der Waals surface area contributed by atoms with Crippen molar-refractivity contribution in [3.05, 3.63) is 71.2 Å². The van der Waals surface area contributed by atoms with E-state index in [0.717, 1.165) is 5.70 Å². The van der Waals surface area contributed by atoms with Crippen LogP contribution in [0.1, 0.15) is 22.6 Å². The van der Waals surface area contributed by atoms with Gasteiger partial charge in [-0.1, -0.05) is 24.3 Å². The van der Waals surface area contributed by atoms with Crippen molar-refractivity contribution in [3.63, 3.8) is 0 Å². The Bertz CT molecular complexity index is 544. The monoisotopic (exact) mass is 208 g/mol. The minimum Gasteiger partial charge on any atom is -0.401 e. The van der Waals surface area contributed by atoms with Crippen LogP contribution in [0, 0.1) is 0 Å². The van der Waals surface area contributed by atoms with Crippen LogP contribution in [-0.4, -0.2) is 4.98 Å². The lowest BCUT2D eigenvalue weighted by Crippen LogP contribution is -2.07. The molecule has 0 saturated heterocycles. The molecule has 0 fully saturated rings. The molecule has 0 aliphatic heterocycles. The van der Waals surface area contributed by atoms with Crippen LogP contribution in [0.3, 0.4) is 0 Å². The van der Waals surface area contributed by atoms with Crippen molar-refractivity contribution in [3.8, 4) is 0 Å². The van der Waals surface area contributed by atoms with E-state index in [1.54, 1.807) is 0 Å². The van der Waals surface area contributed by atoms with Gasteiger partial charge in [0.2, 0.25) is 0 Å². The molecule has 16 heavy (non-hydrogen) atoms. The Hall–Kier alpha value is -2.09. The summed E-state index contributed by atoms with van der Waals surface area (Å²) in [6, 6.07) is 12.4. The first-order chi connectivity index (χ1) is 7.86. The number of hydrogen-bond donors (Lipinski definition) is 1. The van der Waals surface area contributed by atoms with Gasteiger partial charge in [0.05, 0.1) is 0 Å². The highest BCUT2D eigenvalue weighted by Gasteiger charge is 2.24. The highest BCUT2D eigenvalue weighted by Crippen LogP contribution is 2.37. The first-order valence-electron chi connectivity index (χ1n) is 5.32. The number of nitrogens with zero attached hydrogens (tertiary/aromatic N) is 1. The molecule has 1 aliphatic carbocycles. The molecule has 0 saturated carbocycles. The first-order valence-corrected chi connectivity index (χ1v) is 5.32. The second-order valence-corrected chi connectivity index (χ2v) is 3.99. The van der Waals surface area contributed by atoms with E-state index < -0.39 is 0 Å². The average molecular weight is 208 g/mol. The smallest absolute Gasteiger partial charge is 0.0492 e. The Morgan fingerprint density at radius 2 is 1.75 bits per heavy atom. The highest BCUT2D eigenvalue weighted by atomic mass is 14.6. The molecule has 0 spiro atoms. The van der Waals surface area contributed by atoms with Crippen LogP contribution in [0.2, 0.25) is 0 Å². The Kier molecular flexibility index (Phi) is 2.00. The van der Waals surface area contributed by atoms with Crippen molar-refractivity contribution in [1.82, 2.24) is 4.98 Å². The van der Waals surface area contributed by atoms with Gasteiger partial charge in [-0.2, -0.15) is 0 Å². The molecule has 1 heterocycles. The van der Waals surface area contributed by atoms with Crippen LogP contribution in [0.25, 0.3) is 6.08 Å². The summed E-state index contributed by atoms with van der Waals surface area (Å²) in [4.78, 5) is 4.04. The summed E-state index contributed by atoms with van der Waals surface area (Å²) < 4.78 is 0. The fourth-order valence-corrected chi connectivity index (χ4v) is 2.28. The lowest BCUT2D eigenvalue weighted by Gasteiger charge is -2.13. The van der Waals surface area contributed by atoms with E-state index in [9.17, 15) is 0 Å². The van der Waals surface area contributed by atoms with Gasteiger partial charge < -0.3 is 5.73 Å². The molecule has 2 N–H and O–H groups in total. The normalized spacial score (nSPS) is 18.0. The van der Waals surface area contributed by atoms with Gasteiger partial charge in [-0.3, -0.25) is 4.98 Å². The molecule has 1 unspecified atom stereocenters. The Morgan fingerprint density at radius 3 is 2.56 bits per heavy atom. The molecule has 1 aromatic carbocycles. The maximum absolute atomic E-state index is 6.10. The summed E-state index contributed by atoms with van der Waals surface area (Å²) in [6.07, 6.45) is 5.67. The Morgan fingerprint density at radius 1 is 1.00 bits per heavy atom. The summed E-state index contributed by atoms with van der Waals surface area (Å²) >= 11 is 0. The maximum Gasteiger partial charge on any atom is 0.0492 e. The molecular weight excluding hydrogens is 196 g/mol. The molecule has 1 atom stereocenters. The number of nitrogens with two attached hydrogens (primary N) is 1. The third kappa shape index (κ3) is 1.31. The van der Waals surface area contributed by atoms with E-state index in [-0.39, 0.29) is 5.92 Å². The molecular formula is C14H12N2. The zero-order valence-electron chi connectivity index (χ0n) is 8.80. The number of aromatic nitrogens is 1. The molecule has 1 aliphatic rings.